The van der Waals surface area contributed by atoms with Crippen molar-refractivity contribution in [2.45, 2.75) is 98.7 Å². The van der Waals surface area contributed by atoms with E-state index in [9.17, 15) is 0 Å². The number of nitriles is 1. The van der Waals surface area contributed by atoms with E-state index in [2.05, 4.69) is 33.4 Å². The highest BCUT2D eigenvalue weighted by Gasteiger charge is 2.24. The number of unbranched alkanes of at least 4 members (excludes halogenated alkanes) is 4. The lowest BCUT2D eigenvalue weighted by Gasteiger charge is -2.39. The Morgan fingerprint density at radius 2 is 0.875 bits per heavy atom. The molecule has 0 aromatic carbocycles. The summed E-state index contributed by atoms with van der Waals surface area (Å²) < 4.78 is 1.42. The van der Waals surface area contributed by atoms with Gasteiger partial charge in [-0.05, 0) is 25.7 Å². The summed E-state index contributed by atoms with van der Waals surface area (Å²) in [5.74, 6) is 0. The number of rotatable bonds is 12. The predicted molar refractivity (Wildman–Crippen MR) is 108 cm³/mol. The van der Waals surface area contributed by atoms with Crippen LogP contribution in [0, 0.1) is 11.0 Å². The Kier molecular flexibility index (Phi) is 20.6. The van der Waals surface area contributed by atoms with Crippen LogP contribution in [0.15, 0.2) is 0 Å². The zero-order valence-corrected chi connectivity index (χ0v) is 18.8. The molecule has 4 heteroatoms. The molecule has 0 saturated heterocycles. The van der Waals surface area contributed by atoms with Crippen molar-refractivity contribution in [2.75, 3.05) is 26.2 Å². The third kappa shape index (κ3) is 17.9. The Hall–Kier alpha value is -0.403. The summed E-state index contributed by atoms with van der Waals surface area (Å²) in [7, 11) is -1.33. The van der Waals surface area contributed by atoms with Crippen LogP contribution >= 0.6 is 0 Å². The van der Waals surface area contributed by atoms with Crippen molar-refractivity contribution in [1.82, 2.24) is 0 Å². The summed E-state index contributed by atoms with van der Waals surface area (Å²) in [4.78, 5) is 0. The van der Waals surface area contributed by atoms with Crippen LogP contribution in [-0.2, 0) is 0 Å². The van der Waals surface area contributed by atoms with Crippen LogP contribution < -0.4 is 4.70 Å². The maximum absolute atomic E-state index is 8.21. The molecule has 0 amide bonds. The molecule has 0 bridgehead atoms. The van der Waals surface area contributed by atoms with Crippen LogP contribution in [0.3, 0.4) is 0 Å². The highest BCUT2D eigenvalue weighted by molar-refractivity contribution is 6.83. The Balaban J connectivity index is -0.000000538. The zero-order valence-electron chi connectivity index (χ0n) is 17.8. The first-order valence-electron chi connectivity index (χ1n) is 10.1. The van der Waals surface area contributed by atoms with Gasteiger partial charge < -0.3 is 9.19 Å². The normalized spacial score (nSPS) is 11.1. The van der Waals surface area contributed by atoms with Crippen molar-refractivity contribution in [3.8, 4) is 5.69 Å². The standard InChI is InChI=1S/C16H36N.C4H9NSi.FH/c1-5-9-13-17(14-10-6-2,15-11-7-3)16-12-8-4;1-6(2,3)4-5;/h5-16H2,1-4H3;1-3H3;1H/q+1;;/p-1. The average molecular weight is 361 g/mol. The van der Waals surface area contributed by atoms with Gasteiger partial charge in [0.1, 0.15) is 0 Å². The highest BCUT2D eigenvalue weighted by Crippen LogP contribution is 2.16. The molecule has 0 rings (SSSR count). The van der Waals surface area contributed by atoms with Gasteiger partial charge in [-0.1, -0.05) is 73.0 Å². The van der Waals surface area contributed by atoms with Crippen molar-refractivity contribution in [2.24, 2.45) is 0 Å². The van der Waals surface area contributed by atoms with Crippen molar-refractivity contribution in [3.63, 3.8) is 0 Å². The second kappa shape index (κ2) is 17.4. The molecule has 0 aliphatic rings. The lowest BCUT2D eigenvalue weighted by atomic mass is 10.1. The molecule has 0 saturated carbocycles. The van der Waals surface area contributed by atoms with Gasteiger partial charge in [-0.15, -0.1) is 0 Å². The third-order valence-electron chi connectivity index (χ3n) is 4.28. The summed E-state index contributed by atoms with van der Waals surface area (Å²) in [5.41, 5.74) is 2.24. The summed E-state index contributed by atoms with van der Waals surface area (Å²) in [6, 6.07) is 0. The number of halogens is 1. The van der Waals surface area contributed by atoms with Gasteiger partial charge in [0.2, 0.25) is 0 Å². The van der Waals surface area contributed by atoms with E-state index in [1.165, 1.54) is 82.0 Å². The lowest BCUT2D eigenvalue weighted by molar-refractivity contribution is -0.929. The van der Waals surface area contributed by atoms with Crippen LogP contribution in [-0.4, -0.2) is 38.7 Å². The minimum Gasteiger partial charge on any atom is -1.00 e. The second-order valence-corrected chi connectivity index (χ2v) is 12.7. The number of quaternary nitrogens is 1. The Bertz CT molecular complexity index is 257. The molecule has 0 aromatic rings. The largest absolute Gasteiger partial charge is 1.00 e. The maximum Gasteiger partial charge on any atom is 0.164 e. The molecule has 24 heavy (non-hydrogen) atoms. The fraction of sp³-hybridized carbons (Fsp3) is 0.950. The Morgan fingerprint density at radius 3 is 1.00 bits per heavy atom. The molecule has 0 aliphatic heterocycles. The van der Waals surface area contributed by atoms with Gasteiger partial charge in [-0.2, -0.15) is 0 Å². The van der Waals surface area contributed by atoms with Crippen molar-refractivity contribution in [1.29, 1.82) is 5.26 Å². The molecular weight excluding hydrogens is 315 g/mol. The first-order chi connectivity index (χ1) is 10.8. The summed E-state index contributed by atoms with van der Waals surface area (Å²) in [6.45, 7) is 21.1. The molecule has 0 radical (unpaired) electrons. The summed E-state index contributed by atoms with van der Waals surface area (Å²) in [6.07, 6.45) is 11.1. The SMILES string of the molecule is CCCC[N+](CCCC)(CCCC)CCCC.C[Si](C)(C)C#N.[F-]. The molecule has 0 heterocycles. The van der Waals surface area contributed by atoms with Crippen molar-refractivity contribution >= 4 is 8.07 Å². The first kappa shape index (κ1) is 28.4. The third-order valence-corrected chi connectivity index (χ3v) is 4.95. The van der Waals surface area contributed by atoms with Crippen molar-refractivity contribution in [3.05, 3.63) is 0 Å². The minimum atomic E-state index is -1.33. The average Bonchev–Trinajstić information content (AvgIpc) is 2.53. The van der Waals surface area contributed by atoms with Crippen LogP contribution in [0.5, 0.6) is 0 Å². The quantitative estimate of drug-likeness (QED) is 0.386. The molecule has 0 spiro atoms. The summed E-state index contributed by atoms with van der Waals surface area (Å²) in [5, 5.41) is 8.21. The number of nitrogens with zero attached hydrogens (tertiary/aromatic N) is 2. The van der Waals surface area contributed by atoms with E-state index in [0.717, 1.165) is 0 Å². The molecule has 0 fully saturated rings. The smallest absolute Gasteiger partial charge is 0.164 e. The minimum absolute atomic E-state index is 0. The van der Waals surface area contributed by atoms with E-state index in [0.29, 0.717) is 0 Å². The molecule has 0 unspecified atom stereocenters. The Morgan fingerprint density at radius 1 is 0.667 bits per heavy atom. The van der Waals surface area contributed by atoms with Crippen LogP contribution in [0.2, 0.25) is 19.6 Å². The van der Waals surface area contributed by atoms with Gasteiger partial charge in [0.15, 0.2) is 8.07 Å². The van der Waals surface area contributed by atoms with Gasteiger partial charge in [-0.3, -0.25) is 0 Å². The van der Waals surface area contributed by atoms with E-state index in [1.807, 2.05) is 19.6 Å². The second-order valence-electron chi connectivity index (χ2n) is 8.01. The van der Waals surface area contributed by atoms with E-state index in [4.69, 9.17) is 5.26 Å². The fourth-order valence-corrected chi connectivity index (χ4v) is 2.64. The predicted octanol–water partition coefficient (Wildman–Crippen LogP) is 3.39. The van der Waals surface area contributed by atoms with Crippen LogP contribution in [0.1, 0.15) is 79.1 Å². The van der Waals surface area contributed by atoms with Gasteiger partial charge in [0.05, 0.1) is 26.2 Å². The van der Waals surface area contributed by atoms with Gasteiger partial charge >= 0.3 is 0 Å². The summed E-state index contributed by atoms with van der Waals surface area (Å²) >= 11 is 0. The van der Waals surface area contributed by atoms with E-state index >= 15 is 0 Å². The molecular formula is C20H45FN2Si. The molecule has 0 aromatic heterocycles. The number of hydrogen-bond donors (Lipinski definition) is 0. The zero-order chi connectivity index (χ0) is 18.2. The molecule has 0 atom stereocenters. The van der Waals surface area contributed by atoms with E-state index in [1.54, 1.807) is 0 Å². The van der Waals surface area contributed by atoms with Crippen LogP contribution in [0.4, 0.5) is 0 Å². The van der Waals surface area contributed by atoms with E-state index in [-0.39, 0.29) is 4.70 Å². The topological polar surface area (TPSA) is 23.8 Å². The monoisotopic (exact) mass is 360 g/mol. The molecule has 146 valence electrons. The maximum atomic E-state index is 8.21. The van der Waals surface area contributed by atoms with E-state index < -0.39 is 8.07 Å². The van der Waals surface area contributed by atoms with Gasteiger partial charge in [-0.25, -0.2) is 5.26 Å². The lowest BCUT2D eigenvalue weighted by Crippen LogP contribution is -3.00. The first-order valence-corrected chi connectivity index (χ1v) is 13.6. The van der Waals surface area contributed by atoms with Crippen molar-refractivity contribution < 1.29 is 9.19 Å². The highest BCUT2D eigenvalue weighted by atomic mass is 28.3. The van der Waals surface area contributed by atoms with Gasteiger partial charge in [0, 0.05) is 5.69 Å². The molecule has 2 nitrogen and oxygen atoms in total. The fourth-order valence-electron chi connectivity index (χ4n) is 2.64. The van der Waals surface area contributed by atoms with Crippen LogP contribution in [0.25, 0.3) is 0 Å². The number of hydrogen-bond acceptors (Lipinski definition) is 1. The molecule has 0 N–H and O–H groups in total. The molecule has 0 aliphatic carbocycles. The Labute approximate surface area is 153 Å². The van der Waals surface area contributed by atoms with Gasteiger partial charge in [0.25, 0.3) is 0 Å².